The molecule has 0 heterocycles. The van der Waals surface area contributed by atoms with Crippen molar-refractivity contribution in [2.75, 3.05) is 21.2 Å². The van der Waals surface area contributed by atoms with Crippen molar-refractivity contribution in [3.8, 4) is 5.75 Å². The van der Waals surface area contributed by atoms with Gasteiger partial charge in [0, 0.05) is 25.9 Å². The maximum atomic E-state index is 11.2. The Labute approximate surface area is 109 Å². The van der Waals surface area contributed by atoms with E-state index in [-0.39, 0.29) is 0 Å². The van der Waals surface area contributed by atoms with Crippen molar-refractivity contribution in [3.63, 3.8) is 0 Å². The van der Waals surface area contributed by atoms with Crippen molar-refractivity contribution in [1.82, 2.24) is 4.90 Å². The van der Waals surface area contributed by atoms with Gasteiger partial charge in [0.2, 0.25) is 0 Å². The number of allylic oxidation sites excluding steroid dienone is 1. The van der Waals surface area contributed by atoms with Crippen LogP contribution in [-0.2, 0) is 4.79 Å². The van der Waals surface area contributed by atoms with Crippen LogP contribution in [0, 0.1) is 0 Å². The standard InChI is InChI=1S/C15H21NO2/c1-11(2)14-8-12(6-7-15(14)18-5)13(10-17)9-16(3)4/h6-11H,1-5H3/b13-9+. The molecule has 0 N–H and O–H groups in total. The third kappa shape index (κ3) is 3.36. The molecule has 0 saturated carbocycles. The molecule has 0 aliphatic heterocycles. The van der Waals surface area contributed by atoms with Crippen molar-refractivity contribution in [2.45, 2.75) is 19.8 Å². The summed E-state index contributed by atoms with van der Waals surface area (Å²) in [5, 5.41) is 0. The van der Waals surface area contributed by atoms with Crippen LogP contribution in [0.1, 0.15) is 30.9 Å². The minimum Gasteiger partial charge on any atom is -0.496 e. The molecule has 0 radical (unpaired) electrons. The zero-order chi connectivity index (χ0) is 13.7. The van der Waals surface area contributed by atoms with Crippen LogP contribution in [0.2, 0.25) is 0 Å². The summed E-state index contributed by atoms with van der Waals surface area (Å²) >= 11 is 0. The fourth-order valence-corrected chi connectivity index (χ4v) is 1.82. The normalized spacial score (nSPS) is 11.6. The summed E-state index contributed by atoms with van der Waals surface area (Å²) in [5.41, 5.74) is 2.70. The lowest BCUT2D eigenvalue weighted by atomic mass is 9.97. The van der Waals surface area contributed by atoms with Gasteiger partial charge < -0.3 is 9.64 Å². The van der Waals surface area contributed by atoms with Crippen LogP contribution in [0.5, 0.6) is 5.75 Å². The van der Waals surface area contributed by atoms with Crippen LogP contribution in [0.3, 0.4) is 0 Å². The van der Waals surface area contributed by atoms with Gasteiger partial charge in [-0.05, 0) is 29.2 Å². The van der Waals surface area contributed by atoms with Crippen LogP contribution in [0.4, 0.5) is 0 Å². The molecule has 1 rings (SSSR count). The second kappa shape index (κ2) is 6.24. The fourth-order valence-electron chi connectivity index (χ4n) is 1.82. The maximum Gasteiger partial charge on any atom is 0.152 e. The monoisotopic (exact) mass is 247 g/mol. The number of nitrogens with zero attached hydrogens (tertiary/aromatic N) is 1. The molecule has 1 aromatic carbocycles. The maximum absolute atomic E-state index is 11.2. The summed E-state index contributed by atoms with van der Waals surface area (Å²) < 4.78 is 5.34. The number of methoxy groups -OCH3 is 1. The molecule has 0 aliphatic carbocycles. The number of hydrogen-bond acceptors (Lipinski definition) is 3. The molecule has 0 atom stereocenters. The van der Waals surface area contributed by atoms with Crippen LogP contribution in [-0.4, -0.2) is 32.4 Å². The SMILES string of the molecule is COc1ccc(/C(C=O)=C/N(C)C)cc1C(C)C. The highest BCUT2D eigenvalue weighted by Gasteiger charge is 2.10. The first-order valence-corrected chi connectivity index (χ1v) is 6.01. The Morgan fingerprint density at radius 3 is 2.44 bits per heavy atom. The molecule has 18 heavy (non-hydrogen) atoms. The summed E-state index contributed by atoms with van der Waals surface area (Å²) in [6.07, 6.45) is 2.70. The highest BCUT2D eigenvalue weighted by atomic mass is 16.5. The molecule has 0 aromatic heterocycles. The molecule has 0 saturated heterocycles. The predicted octanol–water partition coefficient (Wildman–Crippen LogP) is 2.92. The van der Waals surface area contributed by atoms with Gasteiger partial charge in [-0.25, -0.2) is 0 Å². The Morgan fingerprint density at radius 2 is 2.00 bits per heavy atom. The molecule has 3 nitrogen and oxygen atoms in total. The van der Waals surface area contributed by atoms with Gasteiger partial charge in [-0.15, -0.1) is 0 Å². The number of aldehydes is 1. The lowest BCUT2D eigenvalue weighted by Gasteiger charge is -2.14. The average Bonchev–Trinajstić information content (AvgIpc) is 2.34. The van der Waals surface area contributed by atoms with Gasteiger partial charge in [-0.1, -0.05) is 19.9 Å². The fraction of sp³-hybridized carbons (Fsp3) is 0.400. The van der Waals surface area contributed by atoms with Crippen molar-refractivity contribution in [1.29, 1.82) is 0 Å². The number of hydrogen-bond donors (Lipinski definition) is 0. The molecule has 0 bridgehead atoms. The number of benzene rings is 1. The molecule has 0 amide bonds. The molecule has 98 valence electrons. The minimum atomic E-state index is 0.354. The molecule has 3 heteroatoms. The molecule has 0 unspecified atom stereocenters. The lowest BCUT2D eigenvalue weighted by molar-refractivity contribution is -0.103. The first-order chi connectivity index (χ1) is 8.49. The van der Waals surface area contributed by atoms with E-state index in [1.807, 2.05) is 43.4 Å². The predicted molar refractivity (Wildman–Crippen MR) is 74.8 cm³/mol. The van der Waals surface area contributed by atoms with Gasteiger partial charge in [0.15, 0.2) is 6.29 Å². The van der Waals surface area contributed by atoms with Crippen LogP contribution in [0.25, 0.3) is 5.57 Å². The van der Waals surface area contributed by atoms with Crippen molar-refractivity contribution < 1.29 is 9.53 Å². The van der Waals surface area contributed by atoms with E-state index in [2.05, 4.69) is 13.8 Å². The van der Waals surface area contributed by atoms with Crippen LogP contribution < -0.4 is 4.74 Å². The zero-order valence-electron chi connectivity index (χ0n) is 11.7. The first-order valence-electron chi connectivity index (χ1n) is 6.01. The second-order valence-corrected chi connectivity index (χ2v) is 4.78. The molecule has 0 spiro atoms. The van der Waals surface area contributed by atoms with E-state index < -0.39 is 0 Å². The van der Waals surface area contributed by atoms with E-state index >= 15 is 0 Å². The first kappa shape index (κ1) is 14.3. The Hall–Kier alpha value is -1.77. The highest BCUT2D eigenvalue weighted by Crippen LogP contribution is 2.29. The quantitative estimate of drug-likeness (QED) is 0.592. The average molecular weight is 247 g/mol. The molecule has 0 aliphatic rings. The molecular weight excluding hydrogens is 226 g/mol. The molecule has 1 aromatic rings. The van der Waals surface area contributed by atoms with Crippen molar-refractivity contribution in [3.05, 3.63) is 35.5 Å². The van der Waals surface area contributed by atoms with Crippen molar-refractivity contribution >= 4 is 11.9 Å². The van der Waals surface area contributed by atoms with Gasteiger partial charge in [-0.2, -0.15) is 0 Å². The Bertz CT molecular complexity index is 448. The zero-order valence-corrected chi connectivity index (χ0v) is 11.7. The summed E-state index contributed by atoms with van der Waals surface area (Å²) in [7, 11) is 5.46. The smallest absolute Gasteiger partial charge is 0.152 e. The molecular formula is C15H21NO2. The number of ether oxygens (including phenoxy) is 1. The summed E-state index contributed by atoms with van der Waals surface area (Å²) in [6, 6.07) is 5.85. The van der Waals surface area contributed by atoms with E-state index in [9.17, 15) is 4.79 Å². The number of rotatable bonds is 5. The van der Waals surface area contributed by atoms with Crippen molar-refractivity contribution in [2.24, 2.45) is 0 Å². The third-order valence-corrected chi connectivity index (χ3v) is 2.71. The van der Waals surface area contributed by atoms with Gasteiger partial charge >= 0.3 is 0 Å². The Morgan fingerprint density at radius 1 is 1.33 bits per heavy atom. The summed E-state index contributed by atoms with van der Waals surface area (Å²) in [6.45, 7) is 4.22. The topological polar surface area (TPSA) is 29.5 Å². The van der Waals surface area contributed by atoms with E-state index in [4.69, 9.17) is 4.74 Å². The third-order valence-electron chi connectivity index (χ3n) is 2.71. The Kier molecular flexibility index (Phi) is 4.95. The number of carbonyl (C=O) groups excluding carboxylic acids is 1. The van der Waals surface area contributed by atoms with E-state index in [1.54, 1.807) is 7.11 Å². The highest BCUT2D eigenvalue weighted by molar-refractivity contribution is 6.06. The second-order valence-electron chi connectivity index (χ2n) is 4.78. The van der Waals surface area contributed by atoms with Crippen LogP contribution >= 0.6 is 0 Å². The lowest BCUT2D eigenvalue weighted by Crippen LogP contribution is -2.04. The van der Waals surface area contributed by atoms with Gasteiger partial charge in [0.05, 0.1) is 7.11 Å². The van der Waals surface area contributed by atoms with Gasteiger partial charge in [-0.3, -0.25) is 4.79 Å². The summed E-state index contributed by atoms with van der Waals surface area (Å²) in [4.78, 5) is 13.0. The largest absolute Gasteiger partial charge is 0.496 e. The van der Waals surface area contributed by atoms with Gasteiger partial charge in [0.25, 0.3) is 0 Å². The van der Waals surface area contributed by atoms with Crippen LogP contribution in [0.15, 0.2) is 24.4 Å². The minimum absolute atomic E-state index is 0.354. The summed E-state index contributed by atoms with van der Waals surface area (Å²) in [5.74, 6) is 1.22. The van der Waals surface area contributed by atoms with E-state index in [1.165, 1.54) is 0 Å². The van der Waals surface area contributed by atoms with Gasteiger partial charge in [0.1, 0.15) is 5.75 Å². The number of carbonyl (C=O) groups is 1. The van der Waals surface area contributed by atoms with E-state index in [0.717, 1.165) is 23.2 Å². The van der Waals surface area contributed by atoms with E-state index in [0.29, 0.717) is 11.5 Å². The molecule has 0 fully saturated rings. The Balaban J connectivity index is 3.26.